The summed E-state index contributed by atoms with van der Waals surface area (Å²) < 4.78 is 0. The first-order valence-electron chi connectivity index (χ1n) is 7.30. The van der Waals surface area contributed by atoms with Crippen LogP contribution in [0.5, 0.6) is 0 Å². The monoisotopic (exact) mass is 238 g/mol. The van der Waals surface area contributed by atoms with E-state index in [1.807, 2.05) is 0 Å². The van der Waals surface area contributed by atoms with Crippen LogP contribution in [0.1, 0.15) is 51.9 Å². The first-order valence-corrected chi connectivity index (χ1v) is 7.30. The Balaban J connectivity index is 1.65. The molecule has 0 bridgehead atoms. The van der Waals surface area contributed by atoms with Crippen LogP contribution in [0.2, 0.25) is 0 Å². The molecule has 1 saturated carbocycles. The largest absolute Gasteiger partial charge is 0.343 e. The predicted molar refractivity (Wildman–Crippen MR) is 69.9 cm³/mol. The molecule has 2 rings (SSSR count). The third-order valence-corrected chi connectivity index (χ3v) is 4.22. The average molecular weight is 238 g/mol. The molecular formula is C14H26N2O. The summed E-state index contributed by atoms with van der Waals surface area (Å²) in [4.78, 5) is 14.1. The van der Waals surface area contributed by atoms with Crippen LogP contribution in [0, 0.1) is 5.92 Å². The minimum absolute atomic E-state index is 0.406. The van der Waals surface area contributed by atoms with Gasteiger partial charge in [0.1, 0.15) is 0 Å². The zero-order valence-corrected chi connectivity index (χ0v) is 11.1. The van der Waals surface area contributed by atoms with E-state index in [0.29, 0.717) is 17.9 Å². The van der Waals surface area contributed by atoms with Crippen LogP contribution in [-0.4, -0.2) is 36.5 Å². The van der Waals surface area contributed by atoms with Crippen LogP contribution in [0.4, 0.5) is 0 Å². The molecule has 0 unspecified atom stereocenters. The van der Waals surface area contributed by atoms with Crippen molar-refractivity contribution in [1.29, 1.82) is 0 Å². The second kappa shape index (κ2) is 6.39. The van der Waals surface area contributed by atoms with Crippen molar-refractivity contribution >= 4 is 5.91 Å². The van der Waals surface area contributed by atoms with E-state index in [2.05, 4.69) is 17.1 Å². The zero-order valence-electron chi connectivity index (χ0n) is 11.1. The SMILES string of the molecule is CCCNC1CCN(C(=O)CC2CCC2)CC1. The second-order valence-electron chi connectivity index (χ2n) is 5.61. The predicted octanol–water partition coefficient (Wildman–Crippen LogP) is 2.17. The van der Waals surface area contributed by atoms with Gasteiger partial charge < -0.3 is 10.2 Å². The molecule has 0 aromatic carbocycles. The average Bonchev–Trinajstić information content (AvgIpc) is 2.31. The van der Waals surface area contributed by atoms with Gasteiger partial charge in [0.05, 0.1) is 0 Å². The molecule has 0 aromatic heterocycles. The van der Waals surface area contributed by atoms with Crippen molar-refractivity contribution in [2.24, 2.45) is 5.92 Å². The van der Waals surface area contributed by atoms with Crippen LogP contribution in [-0.2, 0) is 4.79 Å². The fourth-order valence-corrected chi connectivity index (χ4v) is 2.75. The standard InChI is InChI=1S/C14H26N2O/c1-2-8-15-13-6-9-16(10-7-13)14(17)11-12-4-3-5-12/h12-13,15H,2-11H2,1H3. The zero-order chi connectivity index (χ0) is 12.1. The van der Waals surface area contributed by atoms with Crippen molar-refractivity contribution in [1.82, 2.24) is 10.2 Å². The molecule has 1 amide bonds. The number of carbonyl (C=O) groups is 1. The van der Waals surface area contributed by atoms with Gasteiger partial charge in [0.15, 0.2) is 0 Å². The number of carbonyl (C=O) groups excluding carboxylic acids is 1. The maximum Gasteiger partial charge on any atom is 0.222 e. The first kappa shape index (κ1) is 12.9. The lowest BCUT2D eigenvalue weighted by molar-refractivity contribution is -0.133. The molecule has 3 nitrogen and oxygen atoms in total. The lowest BCUT2D eigenvalue weighted by atomic mass is 9.82. The smallest absolute Gasteiger partial charge is 0.222 e. The number of nitrogens with zero attached hydrogens (tertiary/aromatic N) is 1. The Bertz CT molecular complexity index is 243. The van der Waals surface area contributed by atoms with Crippen LogP contribution in [0.15, 0.2) is 0 Å². The summed E-state index contributed by atoms with van der Waals surface area (Å²) in [6.07, 6.45) is 8.17. The van der Waals surface area contributed by atoms with Crippen molar-refractivity contribution < 1.29 is 4.79 Å². The van der Waals surface area contributed by atoms with Crippen molar-refractivity contribution in [3.8, 4) is 0 Å². The third-order valence-electron chi connectivity index (χ3n) is 4.22. The molecule has 1 aliphatic carbocycles. The Kier molecular flexibility index (Phi) is 4.84. The van der Waals surface area contributed by atoms with Gasteiger partial charge in [-0.1, -0.05) is 13.3 Å². The lowest BCUT2D eigenvalue weighted by Crippen LogP contribution is -2.45. The highest BCUT2D eigenvalue weighted by Crippen LogP contribution is 2.30. The fraction of sp³-hybridized carbons (Fsp3) is 0.929. The summed E-state index contributed by atoms with van der Waals surface area (Å²) in [7, 11) is 0. The Morgan fingerprint density at radius 1 is 1.24 bits per heavy atom. The van der Waals surface area contributed by atoms with Gasteiger partial charge in [-0.15, -0.1) is 0 Å². The van der Waals surface area contributed by atoms with Crippen molar-refractivity contribution in [3.05, 3.63) is 0 Å². The number of likely N-dealkylation sites (tertiary alicyclic amines) is 1. The van der Waals surface area contributed by atoms with E-state index in [1.165, 1.54) is 25.7 Å². The van der Waals surface area contributed by atoms with Crippen LogP contribution in [0.25, 0.3) is 0 Å². The van der Waals surface area contributed by atoms with E-state index < -0.39 is 0 Å². The van der Waals surface area contributed by atoms with E-state index in [-0.39, 0.29) is 0 Å². The quantitative estimate of drug-likeness (QED) is 0.796. The van der Waals surface area contributed by atoms with Crippen LogP contribution in [0.3, 0.4) is 0 Å². The molecule has 0 atom stereocenters. The van der Waals surface area contributed by atoms with Gasteiger partial charge in [0, 0.05) is 25.6 Å². The Hall–Kier alpha value is -0.570. The summed E-state index contributed by atoms with van der Waals surface area (Å²) in [5.41, 5.74) is 0. The molecule has 98 valence electrons. The lowest BCUT2D eigenvalue weighted by Gasteiger charge is -2.34. The maximum atomic E-state index is 12.0. The first-order chi connectivity index (χ1) is 8.29. The molecule has 2 fully saturated rings. The second-order valence-corrected chi connectivity index (χ2v) is 5.61. The van der Waals surface area contributed by atoms with Gasteiger partial charge in [-0.25, -0.2) is 0 Å². The van der Waals surface area contributed by atoms with Crippen LogP contribution < -0.4 is 5.32 Å². The Labute approximate surface area is 105 Å². The summed E-state index contributed by atoms with van der Waals surface area (Å²) in [6, 6.07) is 0.641. The molecule has 2 aliphatic rings. The van der Waals surface area contributed by atoms with E-state index in [0.717, 1.165) is 38.9 Å². The Morgan fingerprint density at radius 3 is 2.47 bits per heavy atom. The van der Waals surface area contributed by atoms with Crippen molar-refractivity contribution in [2.75, 3.05) is 19.6 Å². The molecule has 1 heterocycles. The Morgan fingerprint density at radius 2 is 1.94 bits per heavy atom. The highest BCUT2D eigenvalue weighted by atomic mass is 16.2. The number of hydrogen-bond acceptors (Lipinski definition) is 2. The summed E-state index contributed by atoms with van der Waals surface area (Å²) in [5.74, 6) is 1.11. The number of hydrogen-bond donors (Lipinski definition) is 1. The molecule has 0 radical (unpaired) electrons. The van der Waals surface area contributed by atoms with E-state index in [9.17, 15) is 4.79 Å². The van der Waals surface area contributed by atoms with Gasteiger partial charge >= 0.3 is 0 Å². The highest BCUT2D eigenvalue weighted by Gasteiger charge is 2.26. The van der Waals surface area contributed by atoms with Crippen molar-refractivity contribution in [2.45, 2.75) is 57.9 Å². The van der Waals surface area contributed by atoms with Crippen molar-refractivity contribution in [3.63, 3.8) is 0 Å². The summed E-state index contributed by atoms with van der Waals surface area (Å²) in [6.45, 7) is 5.24. The van der Waals surface area contributed by atoms with Gasteiger partial charge in [-0.3, -0.25) is 4.79 Å². The molecule has 17 heavy (non-hydrogen) atoms. The van der Waals surface area contributed by atoms with E-state index in [4.69, 9.17) is 0 Å². The number of nitrogens with one attached hydrogen (secondary N) is 1. The van der Waals surface area contributed by atoms with Crippen LogP contribution >= 0.6 is 0 Å². The molecule has 0 spiro atoms. The maximum absolute atomic E-state index is 12.0. The van der Waals surface area contributed by atoms with Gasteiger partial charge in [0.25, 0.3) is 0 Å². The third kappa shape index (κ3) is 3.70. The number of amides is 1. The highest BCUT2D eigenvalue weighted by molar-refractivity contribution is 5.76. The summed E-state index contributed by atoms with van der Waals surface area (Å²) in [5, 5.41) is 3.56. The minimum Gasteiger partial charge on any atom is -0.343 e. The molecule has 1 saturated heterocycles. The van der Waals surface area contributed by atoms with Gasteiger partial charge in [0.2, 0.25) is 5.91 Å². The van der Waals surface area contributed by atoms with Gasteiger partial charge in [-0.2, -0.15) is 0 Å². The topological polar surface area (TPSA) is 32.3 Å². The molecule has 0 aromatic rings. The number of rotatable bonds is 5. The summed E-state index contributed by atoms with van der Waals surface area (Å²) >= 11 is 0. The molecular weight excluding hydrogens is 212 g/mol. The fourth-order valence-electron chi connectivity index (χ4n) is 2.75. The molecule has 3 heteroatoms. The molecule has 1 aliphatic heterocycles. The van der Waals surface area contributed by atoms with E-state index in [1.54, 1.807) is 0 Å². The normalized spacial score (nSPS) is 22.5. The van der Waals surface area contributed by atoms with E-state index >= 15 is 0 Å². The van der Waals surface area contributed by atoms with Gasteiger partial charge in [-0.05, 0) is 44.6 Å². The minimum atomic E-state index is 0.406. The number of piperidine rings is 1. The molecule has 1 N–H and O–H groups in total.